The maximum absolute atomic E-state index is 11.5. The third-order valence-electron chi connectivity index (χ3n) is 1.48. The van der Waals surface area contributed by atoms with E-state index in [1.54, 1.807) is 6.92 Å². The van der Waals surface area contributed by atoms with E-state index >= 15 is 0 Å². The molecule has 0 bridgehead atoms. The summed E-state index contributed by atoms with van der Waals surface area (Å²) in [7, 11) is 0. The minimum absolute atomic E-state index is 0.257. The summed E-state index contributed by atoms with van der Waals surface area (Å²) in [6, 6.07) is 0. The summed E-state index contributed by atoms with van der Waals surface area (Å²) >= 11 is 0. The number of hydrogen-bond acceptors (Lipinski definition) is 2. The van der Waals surface area contributed by atoms with E-state index in [1.807, 2.05) is 0 Å². The summed E-state index contributed by atoms with van der Waals surface area (Å²) in [6.45, 7) is 5.23. The molecule has 2 nitrogen and oxygen atoms in total. The van der Waals surface area contributed by atoms with Gasteiger partial charge in [-0.2, -0.15) is 8.78 Å². The average Bonchev–Trinajstić information content (AvgIpc) is 2.09. The Labute approximate surface area is 82.3 Å². The Kier molecular flexibility index (Phi) is 6.62. The van der Waals surface area contributed by atoms with Crippen molar-refractivity contribution in [2.24, 2.45) is 0 Å². The van der Waals surface area contributed by atoms with Crippen molar-refractivity contribution in [3.8, 4) is 0 Å². The second-order valence-corrected chi connectivity index (χ2v) is 2.91. The van der Waals surface area contributed by atoms with Gasteiger partial charge in [0.05, 0.1) is 6.61 Å². The average molecular weight is 204 g/mol. The highest BCUT2D eigenvalue weighted by atomic mass is 19.3. The van der Waals surface area contributed by atoms with Gasteiger partial charge in [-0.25, -0.2) is 4.79 Å². The molecular weight excluding hydrogens is 190 g/mol. The minimum Gasteiger partial charge on any atom is -0.462 e. The fraction of sp³-hybridized carbons (Fsp3) is 0.500. The number of rotatable bonds is 6. The van der Waals surface area contributed by atoms with Crippen molar-refractivity contribution in [3.05, 3.63) is 24.3 Å². The molecular formula is C10H14F2O2. The van der Waals surface area contributed by atoms with Gasteiger partial charge in [0.25, 0.3) is 6.08 Å². The zero-order valence-corrected chi connectivity index (χ0v) is 8.19. The van der Waals surface area contributed by atoms with E-state index in [0.717, 1.165) is 6.08 Å². The number of ether oxygens (including phenoxy) is 1. The Balaban J connectivity index is 3.35. The number of carbonyl (C=O) groups is 1. The van der Waals surface area contributed by atoms with Gasteiger partial charge in [-0.15, -0.1) is 0 Å². The van der Waals surface area contributed by atoms with Crippen molar-refractivity contribution in [2.75, 3.05) is 6.61 Å². The van der Waals surface area contributed by atoms with Crippen LogP contribution in [0.4, 0.5) is 8.78 Å². The zero-order valence-electron chi connectivity index (χ0n) is 8.19. The molecule has 0 spiro atoms. The van der Waals surface area contributed by atoms with Gasteiger partial charge < -0.3 is 4.74 Å². The van der Waals surface area contributed by atoms with Crippen LogP contribution in [0.5, 0.6) is 0 Å². The molecule has 0 aromatic rings. The molecule has 0 aliphatic rings. The van der Waals surface area contributed by atoms with E-state index < -0.39 is 12.0 Å². The monoisotopic (exact) mass is 204 g/mol. The summed E-state index contributed by atoms with van der Waals surface area (Å²) < 4.78 is 27.8. The quantitative estimate of drug-likeness (QED) is 0.377. The van der Waals surface area contributed by atoms with Crippen LogP contribution in [0.25, 0.3) is 0 Å². The van der Waals surface area contributed by atoms with E-state index in [-0.39, 0.29) is 6.61 Å². The Morgan fingerprint density at radius 2 is 2.07 bits per heavy atom. The van der Waals surface area contributed by atoms with Crippen LogP contribution in [-0.2, 0) is 9.53 Å². The summed E-state index contributed by atoms with van der Waals surface area (Å²) in [6.07, 6.45) is 0.681. The van der Waals surface area contributed by atoms with E-state index in [0.29, 0.717) is 24.8 Å². The van der Waals surface area contributed by atoms with Crippen molar-refractivity contribution in [3.63, 3.8) is 0 Å². The lowest BCUT2D eigenvalue weighted by Crippen LogP contribution is -2.05. The lowest BCUT2D eigenvalue weighted by Gasteiger charge is -2.02. The third-order valence-corrected chi connectivity index (χ3v) is 1.48. The van der Waals surface area contributed by atoms with Crippen LogP contribution in [0.3, 0.4) is 0 Å². The van der Waals surface area contributed by atoms with E-state index in [2.05, 4.69) is 6.58 Å². The Bertz CT molecular complexity index is 230. The van der Waals surface area contributed by atoms with Crippen molar-refractivity contribution in [1.29, 1.82) is 0 Å². The molecule has 0 aliphatic carbocycles. The van der Waals surface area contributed by atoms with Gasteiger partial charge in [-0.1, -0.05) is 6.58 Å². The first-order chi connectivity index (χ1) is 6.54. The van der Waals surface area contributed by atoms with Crippen LogP contribution in [0, 0.1) is 0 Å². The molecule has 0 aliphatic heterocycles. The van der Waals surface area contributed by atoms with Crippen LogP contribution >= 0.6 is 0 Å². The first-order valence-electron chi connectivity index (χ1n) is 4.38. The number of hydrogen-bond donors (Lipinski definition) is 0. The summed E-state index contributed by atoms with van der Waals surface area (Å²) in [5.41, 5.74) is 0.347. The third kappa shape index (κ3) is 7.46. The van der Waals surface area contributed by atoms with Crippen molar-refractivity contribution >= 4 is 5.97 Å². The topological polar surface area (TPSA) is 26.3 Å². The van der Waals surface area contributed by atoms with Gasteiger partial charge in [0.15, 0.2) is 0 Å². The maximum Gasteiger partial charge on any atom is 0.333 e. The fourth-order valence-corrected chi connectivity index (χ4v) is 0.746. The van der Waals surface area contributed by atoms with Crippen LogP contribution in [-0.4, -0.2) is 12.6 Å². The normalized spacial score (nSPS) is 9.36. The molecule has 0 amide bonds. The summed E-state index contributed by atoms with van der Waals surface area (Å²) in [4.78, 5) is 10.8. The SMILES string of the molecule is C=C(C)C(=O)OCCCCC=C(F)F. The smallest absolute Gasteiger partial charge is 0.333 e. The summed E-state index contributed by atoms with van der Waals surface area (Å²) in [5, 5.41) is 0. The highest BCUT2D eigenvalue weighted by molar-refractivity contribution is 5.86. The molecule has 0 rings (SSSR count). The van der Waals surface area contributed by atoms with Gasteiger partial charge in [0.2, 0.25) is 0 Å². The molecule has 0 saturated carbocycles. The number of unbranched alkanes of at least 4 members (excludes halogenated alkanes) is 2. The number of halogens is 2. The van der Waals surface area contributed by atoms with Crippen LogP contribution in [0.15, 0.2) is 24.3 Å². The first kappa shape index (κ1) is 12.8. The Morgan fingerprint density at radius 3 is 2.57 bits per heavy atom. The van der Waals surface area contributed by atoms with Gasteiger partial charge in [-0.05, 0) is 32.3 Å². The van der Waals surface area contributed by atoms with Gasteiger partial charge in [0, 0.05) is 5.57 Å². The van der Waals surface area contributed by atoms with Gasteiger partial charge in [-0.3, -0.25) is 0 Å². The molecule has 0 N–H and O–H groups in total. The molecule has 0 radical (unpaired) electrons. The Hall–Kier alpha value is -1.19. The lowest BCUT2D eigenvalue weighted by molar-refractivity contribution is -0.139. The van der Waals surface area contributed by atoms with Crippen molar-refractivity contribution in [2.45, 2.75) is 26.2 Å². The standard InChI is InChI=1S/C10H14F2O2/c1-8(2)10(13)14-7-5-3-4-6-9(11)12/h6H,1,3-5,7H2,2H3. The molecule has 0 atom stereocenters. The zero-order chi connectivity index (χ0) is 11.0. The minimum atomic E-state index is -1.66. The number of esters is 1. The molecule has 80 valence electrons. The highest BCUT2D eigenvalue weighted by Gasteiger charge is 2.01. The van der Waals surface area contributed by atoms with Crippen LogP contribution in [0.2, 0.25) is 0 Å². The molecule has 0 fully saturated rings. The molecule has 14 heavy (non-hydrogen) atoms. The predicted molar refractivity (Wildman–Crippen MR) is 49.9 cm³/mol. The van der Waals surface area contributed by atoms with E-state index in [4.69, 9.17) is 4.74 Å². The van der Waals surface area contributed by atoms with E-state index in [1.165, 1.54) is 0 Å². The number of carbonyl (C=O) groups excluding carboxylic acids is 1. The second kappa shape index (κ2) is 7.24. The van der Waals surface area contributed by atoms with Crippen molar-refractivity contribution in [1.82, 2.24) is 0 Å². The van der Waals surface area contributed by atoms with Crippen LogP contribution < -0.4 is 0 Å². The fourth-order valence-electron chi connectivity index (χ4n) is 0.746. The molecule has 0 aromatic heterocycles. The largest absolute Gasteiger partial charge is 0.462 e. The molecule has 0 saturated heterocycles. The molecule has 4 heteroatoms. The molecule has 0 aromatic carbocycles. The van der Waals surface area contributed by atoms with Crippen LogP contribution in [0.1, 0.15) is 26.2 Å². The predicted octanol–water partition coefficient (Wildman–Crippen LogP) is 3.06. The van der Waals surface area contributed by atoms with Crippen molar-refractivity contribution < 1.29 is 18.3 Å². The highest BCUT2D eigenvalue weighted by Crippen LogP contribution is 2.04. The van der Waals surface area contributed by atoms with Gasteiger partial charge in [0.1, 0.15) is 0 Å². The number of allylic oxidation sites excluding steroid dienone is 1. The molecule has 0 heterocycles. The Morgan fingerprint density at radius 1 is 1.43 bits per heavy atom. The van der Waals surface area contributed by atoms with Gasteiger partial charge >= 0.3 is 5.97 Å². The summed E-state index contributed by atoms with van der Waals surface area (Å²) in [5.74, 6) is -0.433. The lowest BCUT2D eigenvalue weighted by atomic mass is 10.2. The first-order valence-corrected chi connectivity index (χ1v) is 4.38. The maximum atomic E-state index is 11.5. The second-order valence-electron chi connectivity index (χ2n) is 2.91. The molecule has 0 unspecified atom stereocenters. The van der Waals surface area contributed by atoms with E-state index in [9.17, 15) is 13.6 Å².